The lowest BCUT2D eigenvalue weighted by Crippen LogP contribution is -2.12. The molecule has 0 radical (unpaired) electrons. The van der Waals surface area contributed by atoms with Gasteiger partial charge in [-0.15, -0.1) is 0 Å². The monoisotopic (exact) mass is 246 g/mol. The van der Waals surface area contributed by atoms with Crippen LogP contribution in [0, 0.1) is 0 Å². The standard InChI is InChI=1S/C12H14N4S/c1-16(9-6-4-3-5-7-9)11-8-10(13)14-12(15-11)17-2/h3-8H,1-2H3,(H2,13,14,15). The van der Waals surface area contributed by atoms with Gasteiger partial charge >= 0.3 is 0 Å². The van der Waals surface area contributed by atoms with Gasteiger partial charge in [0.2, 0.25) is 0 Å². The van der Waals surface area contributed by atoms with Gasteiger partial charge in [-0.05, 0) is 18.4 Å². The number of nitrogens with zero attached hydrogens (tertiary/aromatic N) is 3. The first-order valence-electron chi connectivity index (χ1n) is 5.18. The van der Waals surface area contributed by atoms with E-state index in [0.717, 1.165) is 11.5 Å². The van der Waals surface area contributed by atoms with Crippen LogP contribution in [-0.2, 0) is 0 Å². The average Bonchev–Trinajstić information content (AvgIpc) is 2.38. The molecule has 0 aliphatic rings. The highest BCUT2D eigenvalue weighted by Crippen LogP contribution is 2.24. The summed E-state index contributed by atoms with van der Waals surface area (Å²) in [4.78, 5) is 10.5. The average molecular weight is 246 g/mol. The number of para-hydroxylation sites is 1. The Morgan fingerprint density at radius 2 is 1.88 bits per heavy atom. The van der Waals surface area contributed by atoms with Gasteiger partial charge in [-0.2, -0.15) is 0 Å². The van der Waals surface area contributed by atoms with Gasteiger partial charge in [-0.25, -0.2) is 9.97 Å². The second-order valence-electron chi connectivity index (χ2n) is 3.53. The molecule has 0 aliphatic carbocycles. The third-order valence-electron chi connectivity index (χ3n) is 2.38. The van der Waals surface area contributed by atoms with E-state index < -0.39 is 0 Å². The third-order valence-corrected chi connectivity index (χ3v) is 2.93. The predicted octanol–water partition coefficient (Wildman–Crippen LogP) is 2.55. The molecule has 88 valence electrons. The van der Waals surface area contributed by atoms with Crippen LogP contribution in [0.4, 0.5) is 17.3 Å². The van der Waals surface area contributed by atoms with Crippen LogP contribution >= 0.6 is 11.8 Å². The maximum Gasteiger partial charge on any atom is 0.191 e. The molecule has 0 bridgehead atoms. The van der Waals surface area contributed by atoms with Crippen LogP contribution in [-0.4, -0.2) is 23.3 Å². The zero-order valence-electron chi connectivity index (χ0n) is 9.79. The maximum atomic E-state index is 5.76. The number of hydrogen-bond donors (Lipinski definition) is 1. The second-order valence-corrected chi connectivity index (χ2v) is 4.31. The van der Waals surface area contributed by atoms with Gasteiger partial charge in [-0.3, -0.25) is 0 Å². The molecule has 2 N–H and O–H groups in total. The highest BCUT2D eigenvalue weighted by atomic mass is 32.2. The van der Waals surface area contributed by atoms with E-state index in [-0.39, 0.29) is 0 Å². The van der Waals surface area contributed by atoms with Crippen molar-refractivity contribution < 1.29 is 0 Å². The number of aromatic nitrogens is 2. The van der Waals surface area contributed by atoms with Gasteiger partial charge < -0.3 is 10.6 Å². The van der Waals surface area contributed by atoms with Crippen molar-refractivity contribution in [2.45, 2.75) is 5.16 Å². The van der Waals surface area contributed by atoms with Crippen molar-refractivity contribution in [3.8, 4) is 0 Å². The number of nitrogen functional groups attached to an aromatic ring is 1. The fourth-order valence-corrected chi connectivity index (χ4v) is 1.86. The lowest BCUT2D eigenvalue weighted by atomic mass is 10.3. The van der Waals surface area contributed by atoms with Crippen molar-refractivity contribution in [2.24, 2.45) is 0 Å². The van der Waals surface area contributed by atoms with E-state index in [2.05, 4.69) is 9.97 Å². The summed E-state index contributed by atoms with van der Waals surface area (Å²) >= 11 is 1.48. The van der Waals surface area contributed by atoms with E-state index in [4.69, 9.17) is 5.73 Å². The predicted molar refractivity (Wildman–Crippen MR) is 72.7 cm³/mol. The van der Waals surface area contributed by atoms with E-state index in [1.54, 1.807) is 6.07 Å². The molecule has 1 heterocycles. The van der Waals surface area contributed by atoms with Crippen molar-refractivity contribution in [3.05, 3.63) is 36.4 Å². The van der Waals surface area contributed by atoms with Crippen molar-refractivity contribution in [3.63, 3.8) is 0 Å². The normalized spacial score (nSPS) is 10.2. The van der Waals surface area contributed by atoms with E-state index in [1.165, 1.54) is 11.8 Å². The minimum Gasteiger partial charge on any atom is -0.383 e. The van der Waals surface area contributed by atoms with Crippen LogP contribution in [0.1, 0.15) is 0 Å². The highest BCUT2D eigenvalue weighted by Gasteiger charge is 2.08. The molecule has 0 spiro atoms. The number of rotatable bonds is 3. The molecule has 1 aromatic heterocycles. The number of benzene rings is 1. The van der Waals surface area contributed by atoms with Crippen LogP contribution in [0.15, 0.2) is 41.6 Å². The summed E-state index contributed by atoms with van der Waals surface area (Å²) in [6.45, 7) is 0. The largest absolute Gasteiger partial charge is 0.383 e. The second kappa shape index (κ2) is 5.05. The van der Waals surface area contributed by atoms with Crippen LogP contribution < -0.4 is 10.6 Å². The first-order valence-corrected chi connectivity index (χ1v) is 6.40. The summed E-state index contributed by atoms with van der Waals surface area (Å²) in [7, 11) is 1.96. The zero-order valence-corrected chi connectivity index (χ0v) is 10.6. The Morgan fingerprint density at radius 3 is 2.53 bits per heavy atom. The molecule has 17 heavy (non-hydrogen) atoms. The number of hydrogen-bond acceptors (Lipinski definition) is 5. The molecule has 0 saturated heterocycles. The Hall–Kier alpha value is -1.75. The fraction of sp³-hybridized carbons (Fsp3) is 0.167. The molecule has 4 nitrogen and oxygen atoms in total. The first kappa shape index (κ1) is 11.7. The molecule has 0 atom stereocenters. The van der Waals surface area contributed by atoms with E-state index >= 15 is 0 Å². The van der Waals surface area contributed by atoms with Gasteiger partial charge in [0.1, 0.15) is 11.6 Å². The Morgan fingerprint density at radius 1 is 1.18 bits per heavy atom. The number of thioether (sulfide) groups is 1. The number of anilines is 3. The molecule has 1 aromatic carbocycles. The van der Waals surface area contributed by atoms with Crippen LogP contribution in [0.5, 0.6) is 0 Å². The van der Waals surface area contributed by atoms with E-state index in [1.807, 2.05) is 48.5 Å². The molecule has 0 unspecified atom stereocenters. The third kappa shape index (κ3) is 2.68. The van der Waals surface area contributed by atoms with Gasteiger partial charge in [-0.1, -0.05) is 30.0 Å². The lowest BCUT2D eigenvalue weighted by Gasteiger charge is -2.18. The lowest BCUT2D eigenvalue weighted by molar-refractivity contribution is 0.953. The van der Waals surface area contributed by atoms with E-state index in [0.29, 0.717) is 11.0 Å². The fourth-order valence-electron chi connectivity index (χ4n) is 1.48. The summed E-state index contributed by atoms with van der Waals surface area (Å²) in [5.41, 5.74) is 6.83. The summed E-state index contributed by atoms with van der Waals surface area (Å²) in [6.07, 6.45) is 1.93. The molecular weight excluding hydrogens is 232 g/mol. The molecular formula is C12H14N4S. The molecule has 0 amide bonds. The quantitative estimate of drug-likeness (QED) is 0.666. The van der Waals surface area contributed by atoms with Gasteiger partial charge in [0, 0.05) is 18.8 Å². The first-order chi connectivity index (χ1) is 8.20. The topological polar surface area (TPSA) is 55.0 Å². The van der Waals surface area contributed by atoms with E-state index in [9.17, 15) is 0 Å². The molecule has 0 saturated carbocycles. The number of nitrogens with two attached hydrogens (primary N) is 1. The summed E-state index contributed by atoms with van der Waals surface area (Å²) in [5.74, 6) is 1.29. The Labute approximate surface area is 105 Å². The van der Waals surface area contributed by atoms with Crippen LogP contribution in [0.25, 0.3) is 0 Å². The summed E-state index contributed by atoms with van der Waals surface area (Å²) < 4.78 is 0. The van der Waals surface area contributed by atoms with Gasteiger partial charge in [0.25, 0.3) is 0 Å². The van der Waals surface area contributed by atoms with Crippen molar-refractivity contribution in [1.82, 2.24) is 9.97 Å². The maximum absolute atomic E-state index is 5.76. The highest BCUT2D eigenvalue weighted by molar-refractivity contribution is 7.98. The van der Waals surface area contributed by atoms with Crippen molar-refractivity contribution >= 4 is 29.1 Å². The zero-order chi connectivity index (χ0) is 12.3. The molecule has 2 rings (SSSR count). The van der Waals surface area contributed by atoms with Crippen molar-refractivity contribution in [1.29, 1.82) is 0 Å². The van der Waals surface area contributed by atoms with Crippen LogP contribution in [0.2, 0.25) is 0 Å². The van der Waals surface area contributed by atoms with Crippen LogP contribution in [0.3, 0.4) is 0 Å². The Kier molecular flexibility index (Phi) is 3.49. The van der Waals surface area contributed by atoms with Gasteiger partial charge in [0.15, 0.2) is 5.16 Å². The SMILES string of the molecule is CSc1nc(N)cc(N(C)c2ccccc2)n1. The minimum atomic E-state index is 0.488. The smallest absolute Gasteiger partial charge is 0.191 e. The minimum absolute atomic E-state index is 0.488. The molecule has 0 fully saturated rings. The summed E-state index contributed by atoms with van der Waals surface area (Å²) in [5, 5.41) is 0.683. The van der Waals surface area contributed by atoms with Gasteiger partial charge in [0.05, 0.1) is 0 Å². The summed E-state index contributed by atoms with van der Waals surface area (Å²) in [6, 6.07) is 11.8. The van der Waals surface area contributed by atoms with Crippen molar-refractivity contribution in [2.75, 3.05) is 23.9 Å². The molecule has 2 aromatic rings. The Balaban J connectivity index is 2.37. The Bertz CT molecular complexity index is 501. The molecule has 0 aliphatic heterocycles. The molecule has 5 heteroatoms.